The maximum absolute atomic E-state index is 6.41. The van der Waals surface area contributed by atoms with Crippen LogP contribution in [0.15, 0.2) is 6.07 Å². The molecule has 1 aliphatic carbocycles. The highest BCUT2D eigenvalue weighted by Crippen LogP contribution is 2.36. The zero-order valence-electron chi connectivity index (χ0n) is 10.3. The van der Waals surface area contributed by atoms with E-state index in [4.69, 9.17) is 10.5 Å². The summed E-state index contributed by atoms with van der Waals surface area (Å²) in [5.41, 5.74) is 7.98. The minimum absolute atomic E-state index is 0.200. The second-order valence-electron chi connectivity index (χ2n) is 5.31. The molecule has 2 nitrogen and oxygen atoms in total. The summed E-state index contributed by atoms with van der Waals surface area (Å²) >= 11 is 1.96. The third-order valence-corrected chi connectivity index (χ3v) is 5.39. The van der Waals surface area contributed by atoms with Crippen molar-refractivity contribution >= 4 is 11.3 Å². The fourth-order valence-corrected chi connectivity index (χ4v) is 4.31. The van der Waals surface area contributed by atoms with E-state index in [-0.39, 0.29) is 6.04 Å². The number of hydrogen-bond acceptors (Lipinski definition) is 3. The van der Waals surface area contributed by atoms with E-state index in [1.54, 1.807) is 10.4 Å². The summed E-state index contributed by atoms with van der Waals surface area (Å²) in [6.07, 6.45) is 7.64. The van der Waals surface area contributed by atoms with Crippen molar-refractivity contribution in [2.24, 2.45) is 11.7 Å². The van der Waals surface area contributed by atoms with Crippen molar-refractivity contribution in [2.45, 2.75) is 44.6 Å². The molecule has 0 aromatic carbocycles. The standard InChI is InChI=1S/C14H21NOS/c15-14(11-5-3-7-16-9-11)13-8-10-4-1-2-6-12(10)17-13/h8,11,14H,1-7,9,15H2. The lowest BCUT2D eigenvalue weighted by molar-refractivity contribution is 0.0452. The zero-order valence-corrected chi connectivity index (χ0v) is 11.1. The van der Waals surface area contributed by atoms with Crippen molar-refractivity contribution in [2.75, 3.05) is 13.2 Å². The van der Waals surface area contributed by atoms with E-state index < -0.39 is 0 Å². The number of nitrogens with two attached hydrogens (primary N) is 1. The van der Waals surface area contributed by atoms with Gasteiger partial charge in [-0.05, 0) is 50.2 Å². The molecule has 2 unspecified atom stereocenters. The molecule has 17 heavy (non-hydrogen) atoms. The highest BCUT2D eigenvalue weighted by molar-refractivity contribution is 7.12. The molecule has 0 bridgehead atoms. The molecule has 2 N–H and O–H groups in total. The van der Waals surface area contributed by atoms with Gasteiger partial charge in [0, 0.05) is 28.3 Å². The predicted octanol–water partition coefficient (Wildman–Crippen LogP) is 3.05. The minimum atomic E-state index is 0.200. The number of hydrogen-bond donors (Lipinski definition) is 1. The molecule has 2 atom stereocenters. The molecular weight excluding hydrogens is 230 g/mol. The average Bonchev–Trinajstić information content (AvgIpc) is 2.82. The Balaban J connectivity index is 1.76. The molecule has 2 heterocycles. The second-order valence-corrected chi connectivity index (χ2v) is 6.48. The molecule has 1 fully saturated rings. The molecule has 3 rings (SSSR count). The van der Waals surface area contributed by atoms with Crippen molar-refractivity contribution in [3.8, 4) is 0 Å². The van der Waals surface area contributed by atoms with Gasteiger partial charge in [-0.2, -0.15) is 0 Å². The zero-order chi connectivity index (χ0) is 11.7. The highest BCUT2D eigenvalue weighted by atomic mass is 32.1. The van der Waals surface area contributed by atoms with Gasteiger partial charge < -0.3 is 10.5 Å². The van der Waals surface area contributed by atoms with Crippen LogP contribution in [0.2, 0.25) is 0 Å². The number of fused-ring (bicyclic) bond motifs is 1. The van der Waals surface area contributed by atoms with E-state index >= 15 is 0 Å². The predicted molar refractivity (Wildman–Crippen MR) is 71.4 cm³/mol. The first-order valence-electron chi connectivity index (χ1n) is 6.79. The summed E-state index contributed by atoms with van der Waals surface area (Å²) in [7, 11) is 0. The van der Waals surface area contributed by atoms with Crippen LogP contribution in [0, 0.1) is 5.92 Å². The molecule has 0 saturated carbocycles. The van der Waals surface area contributed by atoms with E-state index in [0.717, 1.165) is 13.2 Å². The van der Waals surface area contributed by atoms with Gasteiger partial charge in [0.05, 0.1) is 6.61 Å². The maximum atomic E-state index is 6.41. The number of aryl methyl sites for hydroxylation is 2. The van der Waals surface area contributed by atoms with Gasteiger partial charge in [0.1, 0.15) is 0 Å². The number of ether oxygens (including phenoxy) is 1. The Labute approximate surface area is 107 Å². The van der Waals surface area contributed by atoms with Gasteiger partial charge in [0.25, 0.3) is 0 Å². The number of thiophene rings is 1. The van der Waals surface area contributed by atoms with Gasteiger partial charge >= 0.3 is 0 Å². The van der Waals surface area contributed by atoms with Crippen LogP contribution in [0.3, 0.4) is 0 Å². The molecule has 1 saturated heterocycles. The maximum Gasteiger partial charge on any atom is 0.0512 e. The Morgan fingerprint density at radius 2 is 2.18 bits per heavy atom. The number of rotatable bonds is 2. The van der Waals surface area contributed by atoms with Crippen LogP contribution in [0.1, 0.15) is 47.0 Å². The molecule has 94 valence electrons. The molecule has 0 radical (unpaired) electrons. The van der Waals surface area contributed by atoms with Crippen LogP contribution in [-0.2, 0) is 17.6 Å². The highest BCUT2D eigenvalue weighted by Gasteiger charge is 2.25. The summed E-state index contributed by atoms with van der Waals surface area (Å²) in [6, 6.07) is 2.57. The van der Waals surface area contributed by atoms with Crippen LogP contribution >= 0.6 is 11.3 Å². The Bertz CT molecular complexity index is 358. The summed E-state index contributed by atoms with van der Waals surface area (Å²) in [4.78, 5) is 2.99. The van der Waals surface area contributed by atoms with Crippen molar-refractivity contribution in [1.82, 2.24) is 0 Å². The van der Waals surface area contributed by atoms with E-state index in [0.29, 0.717) is 5.92 Å². The summed E-state index contributed by atoms with van der Waals surface area (Å²) < 4.78 is 5.55. The first-order chi connectivity index (χ1) is 8.34. The molecule has 1 aliphatic heterocycles. The normalized spacial score (nSPS) is 26.5. The van der Waals surface area contributed by atoms with Crippen LogP contribution in [0.25, 0.3) is 0 Å². The van der Waals surface area contributed by atoms with Gasteiger partial charge in [-0.25, -0.2) is 0 Å². The van der Waals surface area contributed by atoms with Crippen LogP contribution in [-0.4, -0.2) is 13.2 Å². The topological polar surface area (TPSA) is 35.2 Å². The summed E-state index contributed by atoms with van der Waals surface area (Å²) in [5, 5.41) is 0. The fraction of sp³-hybridized carbons (Fsp3) is 0.714. The smallest absolute Gasteiger partial charge is 0.0512 e. The van der Waals surface area contributed by atoms with Crippen molar-refractivity contribution < 1.29 is 4.74 Å². The van der Waals surface area contributed by atoms with E-state index in [1.165, 1.54) is 43.4 Å². The lowest BCUT2D eigenvalue weighted by Gasteiger charge is -2.26. The van der Waals surface area contributed by atoms with Crippen LogP contribution in [0.4, 0.5) is 0 Å². The van der Waals surface area contributed by atoms with Crippen molar-refractivity contribution in [3.05, 3.63) is 21.4 Å². The van der Waals surface area contributed by atoms with Gasteiger partial charge in [-0.1, -0.05) is 0 Å². The van der Waals surface area contributed by atoms with Gasteiger partial charge in [0.2, 0.25) is 0 Å². The quantitative estimate of drug-likeness (QED) is 0.877. The third-order valence-electron chi connectivity index (χ3n) is 4.05. The molecule has 0 spiro atoms. The Hall–Kier alpha value is -0.380. The molecule has 2 aliphatic rings. The Kier molecular flexibility index (Phi) is 3.50. The SMILES string of the molecule is NC(c1cc2c(s1)CCCC2)C1CCCOC1. The average molecular weight is 251 g/mol. The summed E-state index contributed by atoms with van der Waals surface area (Å²) in [6.45, 7) is 1.77. The third kappa shape index (κ3) is 2.42. The summed E-state index contributed by atoms with van der Waals surface area (Å²) in [5.74, 6) is 0.531. The van der Waals surface area contributed by atoms with Crippen LogP contribution in [0.5, 0.6) is 0 Å². The van der Waals surface area contributed by atoms with Crippen molar-refractivity contribution in [3.63, 3.8) is 0 Å². The van der Waals surface area contributed by atoms with Crippen LogP contribution < -0.4 is 5.73 Å². The fourth-order valence-electron chi connectivity index (χ4n) is 2.96. The Morgan fingerprint density at radius 3 is 2.94 bits per heavy atom. The molecule has 1 aromatic rings. The Morgan fingerprint density at radius 1 is 1.29 bits per heavy atom. The lowest BCUT2D eigenvalue weighted by atomic mass is 9.92. The monoisotopic (exact) mass is 251 g/mol. The van der Waals surface area contributed by atoms with E-state index in [2.05, 4.69) is 6.07 Å². The lowest BCUT2D eigenvalue weighted by Crippen LogP contribution is -2.28. The largest absolute Gasteiger partial charge is 0.381 e. The van der Waals surface area contributed by atoms with Gasteiger partial charge in [0.15, 0.2) is 0 Å². The first kappa shape index (κ1) is 11.7. The molecule has 0 amide bonds. The van der Waals surface area contributed by atoms with Crippen molar-refractivity contribution in [1.29, 1.82) is 0 Å². The molecular formula is C14H21NOS. The minimum Gasteiger partial charge on any atom is -0.381 e. The van der Waals surface area contributed by atoms with E-state index in [1.807, 2.05) is 11.3 Å². The van der Waals surface area contributed by atoms with Gasteiger partial charge in [-0.3, -0.25) is 0 Å². The van der Waals surface area contributed by atoms with Gasteiger partial charge in [-0.15, -0.1) is 11.3 Å². The first-order valence-corrected chi connectivity index (χ1v) is 7.61. The second kappa shape index (κ2) is 5.09. The van der Waals surface area contributed by atoms with E-state index in [9.17, 15) is 0 Å². The molecule has 1 aromatic heterocycles. The molecule has 3 heteroatoms.